The van der Waals surface area contributed by atoms with Gasteiger partial charge in [-0.2, -0.15) is 5.10 Å². The molecule has 0 aliphatic carbocycles. The number of ether oxygens (including phenoxy) is 1. The molecule has 3 heterocycles. The fourth-order valence-corrected chi connectivity index (χ4v) is 5.22. The standard InChI is InChI=1S/C30H36N6O2/c1-5-34-16-18-35(19-17-34)24-12-10-23(11-13-24)32-30(37)15-14-25-21(2)31-29-20-27(33-36(29)22(25)3)26-8-6-7-9-28(26)38-4/h6-13,20H,5,14-19H2,1-4H3,(H,32,37). The molecule has 1 fully saturated rings. The van der Waals surface area contributed by atoms with Crippen LogP contribution in [0.15, 0.2) is 54.6 Å². The largest absolute Gasteiger partial charge is 0.496 e. The van der Waals surface area contributed by atoms with Crippen molar-refractivity contribution in [3.63, 3.8) is 0 Å². The Bertz CT molecular complexity index is 1420. The van der Waals surface area contributed by atoms with Crippen molar-refractivity contribution in [2.24, 2.45) is 0 Å². The van der Waals surface area contributed by atoms with Gasteiger partial charge < -0.3 is 19.9 Å². The zero-order valence-corrected chi connectivity index (χ0v) is 22.7. The fourth-order valence-electron chi connectivity index (χ4n) is 5.22. The molecular formula is C30H36N6O2. The summed E-state index contributed by atoms with van der Waals surface area (Å²) >= 11 is 0. The third kappa shape index (κ3) is 5.36. The van der Waals surface area contributed by atoms with Crippen molar-refractivity contribution < 1.29 is 9.53 Å². The number of hydrogen-bond donors (Lipinski definition) is 1. The first kappa shape index (κ1) is 25.7. The molecule has 198 valence electrons. The average molecular weight is 513 g/mol. The first-order valence-corrected chi connectivity index (χ1v) is 13.3. The van der Waals surface area contributed by atoms with Gasteiger partial charge in [0, 0.05) is 67.0 Å². The third-order valence-electron chi connectivity index (χ3n) is 7.48. The smallest absolute Gasteiger partial charge is 0.224 e. The fraction of sp³-hybridized carbons (Fsp3) is 0.367. The Morgan fingerprint density at radius 2 is 1.76 bits per heavy atom. The van der Waals surface area contributed by atoms with Crippen molar-refractivity contribution in [1.82, 2.24) is 19.5 Å². The summed E-state index contributed by atoms with van der Waals surface area (Å²) in [6.07, 6.45) is 0.965. The van der Waals surface area contributed by atoms with Crippen molar-refractivity contribution >= 4 is 22.9 Å². The molecule has 1 saturated heterocycles. The van der Waals surface area contributed by atoms with E-state index in [4.69, 9.17) is 14.8 Å². The zero-order chi connectivity index (χ0) is 26.6. The number of amides is 1. The van der Waals surface area contributed by atoms with Gasteiger partial charge in [0.1, 0.15) is 5.75 Å². The van der Waals surface area contributed by atoms with Gasteiger partial charge in [-0.3, -0.25) is 4.79 Å². The summed E-state index contributed by atoms with van der Waals surface area (Å²) in [5.41, 5.74) is 7.50. The molecular weight excluding hydrogens is 476 g/mol. The molecule has 1 N–H and O–H groups in total. The number of nitrogens with zero attached hydrogens (tertiary/aromatic N) is 5. The number of benzene rings is 2. The highest BCUT2D eigenvalue weighted by molar-refractivity contribution is 5.91. The van der Waals surface area contributed by atoms with Crippen LogP contribution in [-0.2, 0) is 11.2 Å². The van der Waals surface area contributed by atoms with Crippen LogP contribution in [0.2, 0.25) is 0 Å². The van der Waals surface area contributed by atoms with E-state index in [1.807, 2.05) is 60.8 Å². The summed E-state index contributed by atoms with van der Waals surface area (Å²) in [6.45, 7) is 11.6. The van der Waals surface area contributed by atoms with E-state index >= 15 is 0 Å². The van der Waals surface area contributed by atoms with Crippen molar-refractivity contribution in [1.29, 1.82) is 0 Å². The molecule has 4 aromatic rings. The Balaban J connectivity index is 1.24. The van der Waals surface area contributed by atoms with Crippen LogP contribution in [0.5, 0.6) is 5.75 Å². The summed E-state index contributed by atoms with van der Waals surface area (Å²) in [5.74, 6) is 0.762. The minimum Gasteiger partial charge on any atom is -0.496 e. The first-order valence-electron chi connectivity index (χ1n) is 13.3. The Morgan fingerprint density at radius 1 is 1.03 bits per heavy atom. The van der Waals surface area contributed by atoms with Gasteiger partial charge in [0.15, 0.2) is 5.65 Å². The monoisotopic (exact) mass is 512 g/mol. The van der Waals surface area contributed by atoms with Gasteiger partial charge in [-0.1, -0.05) is 19.1 Å². The molecule has 2 aromatic heterocycles. The van der Waals surface area contributed by atoms with Crippen molar-refractivity contribution in [3.8, 4) is 17.0 Å². The number of methoxy groups -OCH3 is 1. The molecule has 0 atom stereocenters. The second kappa shape index (κ2) is 11.2. The number of para-hydroxylation sites is 1. The number of aromatic nitrogens is 3. The van der Waals surface area contributed by atoms with Gasteiger partial charge in [0.05, 0.1) is 12.8 Å². The molecule has 38 heavy (non-hydrogen) atoms. The van der Waals surface area contributed by atoms with Gasteiger partial charge in [-0.25, -0.2) is 9.50 Å². The number of likely N-dealkylation sites (N-methyl/N-ethyl adjacent to an activating group) is 1. The minimum atomic E-state index is -0.0108. The lowest BCUT2D eigenvalue weighted by Crippen LogP contribution is -2.46. The lowest BCUT2D eigenvalue weighted by atomic mass is 10.1. The normalized spacial score (nSPS) is 14.2. The Morgan fingerprint density at radius 3 is 2.47 bits per heavy atom. The van der Waals surface area contributed by atoms with Gasteiger partial charge in [-0.05, 0) is 68.8 Å². The van der Waals surface area contributed by atoms with Crippen LogP contribution in [0.3, 0.4) is 0 Å². The van der Waals surface area contributed by atoms with Crippen molar-refractivity contribution in [2.75, 3.05) is 50.1 Å². The maximum atomic E-state index is 12.8. The number of hydrogen-bond acceptors (Lipinski definition) is 6. The summed E-state index contributed by atoms with van der Waals surface area (Å²) in [4.78, 5) is 22.5. The van der Waals surface area contributed by atoms with E-state index in [-0.39, 0.29) is 5.91 Å². The number of carbonyl (C=O) groups excluding carboxylic acids is 1. The van der Waals surface area contributed by atoms with E-state index < -0.39 is 0 Å². The maximum Gasteiger partial charge on any atom is 0.224 e. The van der Waals surface area contributed by atoms with Crippen LogP contribution in [0.4, 0.5) is 11.4 Å². The molecule has 1 aliphatic rings. The summed E-state index contributed by atoms with van der Waals surface area (Å²) in [7, 11) is 1.66. The average Bonchev–Trinajstić information content (AvgIpc) is 3.37. The number of fused-ring (bicyclic) bond motifs is 1. The Labute approximate surface area is 224 Å². The van der Waals surface area contributed by atoms with Crippen LogP contribution < -0.4 is 15.0 Å². The SMILES string of the molecule is CCN1CCN(c2ccc(NC(=O)CCc3c(C)nc4cc(-c5ccccc5OC)nn4c3C)cc2)CC1. The molecule has 0 saturated carbocycles. The second-order valence-corrected chi connectivity index (χ2v) is 9.78. The number of aryl methyl sites for hydroxylation is 2. The van der Waals surface area contributed by atoms with E-state index in [0.29, 0.717) is 12.8 Å². The van der Waals surface area contributed by atoms with Crippen LogP contribution in [0.25, 0.3) is 16.9 Å². The summed E-state index contributed by atoms with van der Waals surface area (Å²) < 4.78 is 7.38. The number of anilines is 2. The predicted octanol–water partition coefficient (Wildman–Crippen LogP) is 4.73. The number of piperazine rings is 1. The molecule has 8 heteroatoms. The lowest BCUT2D eigenvalue weighted by Gasteiger charge is -2.35. The molecule has 0 bridgehead atoms. The predicted molar refractivity (Wildman–Crippen MR) is 152 cm³/mol. The van der Waals surface area contributed by atoms with Gasteiger partial charge in [-0.15, -0.1) is 0 Å². The van der Waals surface area contributed by atoms with Crippen molar-refractivity contribution in [3.05, 3.63) is 71.5 Å². The first-order chi connectivity index (χ1) is 18.5. The van der Waals surface area contributed by atoms with E-state index in [2.05, 4.69) is 34.2 Å². The molecule has 0 spiro atoms. The second-order valence-electron chi connectivity index (χ2n) is 9.78. The van der Waals surface area contributed by atoms with Crippen LogP contribution in [0.1, 0.15) is 30.3 Å². The quantitative estimate of drug-likeness (QED) is 0.368. The molecule has 5 rings (SSSR count). The lowest BCUT2D eigenvalue weighted by molar-refractivity contribution is -0.116. The highest BCUT2D eigenvalue weighted by Gasteiger charge is 2.17. The van der Waals surface area contributed by atoms with Crippen LogP contribution in [-0.4, -0.2) is 65.2 Å². The molecule has 0 unspecified atom stereocenters. The van der Waals surface area contributed by atoms with Gasteiger partial charge in [0.2, 0.25) is 5.91 Å². The van der Waals surface area contributed by atoms with Crippen LogP contribution in [0, 0.1) is 13.8 Å². The van der Waals surface area contributed by atoms with Gasteiger partial charge in [0.25, 0.3) is 0 Å². The zero-order valence-electron chi connectivity index (χ0n) is 22.7. The molecule has 1 aliphatic heterocycles. The van der Waals surface area contributed by atoms with Gasteiger partial charge >= 0.3 is 0 Å². The van der Waals surface area contributed by atoms with E-state index in [1.54, 1.807) is 7.11 Å². The van der Waals surface area contributed by atoms with E-state index in [1.165, 1.54) is 5.69 Å². The van der Waals surface area contributed by atoms with E-state index in [9.17, 15) is 4.79 Å². The number of carbonyl (C=O) groups is 1. The topological polar surface area (TPSA) is 75.0 Å². The molecule has 2 aromatic carbocycles. The molecule has 8 nitrogen and oxygen atoms in total. The molecule has 0 radical (unpaired) electrons. The molecule has 1 amide bonds. The highest BCUT2D eigenvalue weighted by atomic mass is 16.5. The third-order valence-corrected chi connectivity index (χ3v) is 7.48. The number of nitrogens with one attached hydrogen (secondary N) is 1. The van der Waals surface area contributed by atoms with Crippen molar-refractivity contribution in [2.45, 2.75) is 33.6 Å². The minimum absolute atomic E-state index is 0.0108. The highest BCUT2D eigenvalue weighted by Crippen LogP contribution is 2.30. The van der Waals surface area contributed by atoms with Crippen LogP contribution >= 0.6 is 0 Å². The Hall–Kier alpha value is -3.91. The summed E-state index contributed by atoms with van der Waals surface area (Å²) in [5, 5.41) is 7.86. The van der Waals surface area contributed by atoms with E-state index in [0.717, 1.165) is 78.0 Å². The Kier molecular flexibility index (Phi) is 7.60. The summed E-state index contributed by atoms with van der Waals surface area (Å²) in [6, 6.07) is 18.0. The number of rotatable bonds is 8. The maximum absolute atomic E-state index is 12.8.